The molecule has 0 heterocycles. The van der Waals surface area contributed by atoms with E-state index in [1.807, 2.05) is 42.5 Å². The number of rotatable bonds is 4. The summed E-state index contributed by atoms with van der Waals surface area (Å²) in [6.45, 7) is 0. The Labute approximate surface area is 320 Å². The summed E-state index contributed by atoms with van der Waals surface area (Å²) in [5, 5.41) is 9.87. The van der Waals surface area contributed by atoms with Crippen molar-refractivity contribution in [1.29, 1.82) is 0 Å². The van der Waals surface area contributed by atoms with Crippen LogP contribution in [-0.2, 0) is 17.1 Å². The van der Waals surface area contributed by atoms with Gasteiger partial charge in [-0.15, -0.1) is 28.1 Å². The molecule has 0 aromatic heterocycles. The molecule has 58 heavy (non-hydrogen) atoms. The van der Waals surface area contributed by atoms with Crippen LogP contribution in [0.15, 0.2) is 66.5 Å². The topological polar surface area (TPSA) is 23.1 Å². The van der Waals surface area contributed by atoms with E-state index in [2.05, 4.69) is 0 Å². The fourth-order valence-electron chi connectivity index (χ4n) is 5.66. The van der Waals surface area contributed by atoms with E-state index in [1.165, 1.54) is 0 Å². The van der Waals surface area contributed by atoms with Gasteiger partial charge in [-0.2, -0.15) is 18.2 Å². The molecule has 5 aromatic rings. The maximum absolute atomic E-state index is 15.4. The molecule has 23 heteroatoms. The van der Waals surface area contributed by atoms with Gasteiger partial charge < -0.3 is 5.11 Å². The van der Waals surface area contributed by atoms with Gasteiger partial charge in [-0.1, -0.05) is 24.3 Å². The molecule has 308 valence electrons. The number of benzene rings is 4. The first-order valence-electron chi connectivity index (χ1n) is 14.7. The third-order valence-electron chi connectivity index (χ3n) is 8.09. The van der Waals surface area contributed by atoms with Gasteiger partial charge in [-0.25, -0.2) is 99.9 Å². The van der Waals surface area contributed by atoms with Crippen LogP contribution in [0.25, 0.3) is 0 Å². The van der Waals surface area contributed by atoms with E-state index >= 15 is 35.1 Å². The van der Waals surface area contributed by atoms with Crippen molar-refractivity contribution in [3.05, 3.63) is 183 Å². The van der Waals surface area contributed by atoms with Gasteiger partial charge in [-0.3, -0.25) is 0 Å². The maximum Gasteiger partial charge on any atom is 2.00 e. The van der Waals surface area contributed by atoms with Crippen molar-refractivity contribution >= 4 is 28.0 Å². The molecule has 0 aliphatic heterocycles. The van der Waals surface area contributed by atoms with Crippen LogP contribution >= 0.6 is 0 Å². The van der Waals surface area contributed by atoms with E-state index in [0.29, 0.717) is 0 Å². The molecule has 0 saturated heterocycles. The average molecular weight is 893 g/mol. The Morgan fingerprint density at radius 2 is 0.534 bits per heavy atom. The van der Waals surface area contributed by atoms with Crippen LogP contribution in [0.2, 0.25) is 0 Å². The van der Waals surface area contributed by atoms with E-state index in [-0.39, 0.29) is 17.1 Å². The van der Waals surface area contributed by atoms with Crippen LogP contribution in [-0.4, -0.2) is 6.15 Å². The number of allylic oxidation sites excluding steroid dienone is 5. The van der Waals surface area contributed by atoms with Gasteiger partial charge in [0.25, 0.3) is 0 Å². The van der Waals surface area contributed by atoms with Gasteiger partial charge in [0.05, 0.1) is 0 Å². The minimum absolute atomic E-state index is 0. The summed E-state index contributed by atoms with van der Waals surface area (Å²) in [7, 11) is 0. The summed E-state index contributed by atoms with van der Waals surface area (Å²) in [4.78, 5) is 0. The van der Waals surface area contributed by atoms with E-state index in [9.17, 15) is 57.8 Å². The minimum Gasteiger partial charge on any atom is -0.877 e. The molecule has 0 saturated carbocycles. The monoisotopic (exact) mass is 893 g/mol. The fourth-order valence-corrected chi connectivity index (χ4v) is 5.66. The molecule has 5 aromatic carbocycles. The molecule has 0 N–H and O–H groups in total. The van der Waals surface area contributed by atoms with E-state index in [4.69, 9.17) is 0 Å². The van der Waals surface area contributed by atoms with Gasteiger partial charge in [0.15, 0.2) is 69.8 Å². The van der Waals surface area contributed by atoms with Crippen LogP contribution < -0.4 is 27.0 Å². The predicted molar refractivity (Wildman–Crippen MR) is 158 cm³/mol. The third kappa shape index (κ3) is 7.47. The average Bonchev–Trinajstić information content (AvgIpc) is 3.96. The van der Waals surface area contributed by atoms with Crippen molar-refractivity contribution in [3.8, 4) is 0 Å². The molecule has 1 aliphatic carbocycles. The summed E-state index contributed by atoms with van der Waals surface area (Å²) in [6, 6.07) is 10.0. The van der Waals surface area contributed by atoms with E-state index < -0.39 is 144 Å². The molecular formula is C35H10BF20FeO-. The second-order valence-electron chi connectivity index (χ2n) is 11.1. The van der Waals surface area contributed by atoms with Crippen molar-refractivity contribution in [2.75, 3.05) is 0 Å². The van der Waals surface area contributed by atoms with Crippen molar-refractivity contribution < 1.29 is 110 Å². The van der Waals surface area contributed by atoms with Crippen molar-refractivity contribution in [1.82, 2.24) is 0 Å². The first kappa shape index (κ1) is 46.8. The minimum atomic E-state index is -7.22. The fraction of sp³-hybridized carbons (Fsp3) is 0. The van der Waals surface area contributed by atoms with Crippen molar-refractivity contribution in [2.45, 2.75) is 0 Å². The molecule has 0 fully saturated rings. The van der Waals surface area contributed by atoms with Crippen LogP contribution in [0.3, 0.4) is 0 Å². The Kier molecular flexibility index (Phi) is 14.5. The largest absolute Gasteiger partial charge is 2.00 e. The summed E-state index contributed by atoms with van der Waals surface area (Å²) in [6.07, 6.45) is 0.832. The van der Waals surface area contributed by atoms with Crippen LogP contribution in [0, 0.1) is 116 Å². The van der Waals surface area contributed by atoms with Crippen LogP contribution in [0.4, 0.5) is 87.8 Å². The Morgan fingerprint density at radius 3 is 0.672 bits per heavy atom. The molecule has 0 atom stereocenters. The summed E-state index contributed by atoms with van der Waals surface area (Å²) < 4.78 is 294. The van der Waals surface area contributed by atoms with E-state index in [1.54, 1.807) is 12.2 Å². The molecule has 0 unspecified atom stereocenters. The smallest absolute Gasteiger partial charge is 0.877 e. The molecular weight excluding hydrogens is 883 g/mol. The molecule has 1 nitrogen and oxygen atoms in total. The number of hydrogen-bond donors (Lipinski definition) is 0. The van der Waals surface area contributed by atoms with Gasteiger partial charge >= 0.3 is 17.1 Å². The first-order chi connectivity index (χ1) is 26.6. The quantitative estimate of drug-likeness (QED) is 0.0456. The summed E-state index contributed by atoms with van der Waals surface area (Å²) in [5.74, 6) is -71.4. The number of halogens is 20. The molecule has 0 bridgehead atoms. The Bertz CT molecular complexity index is 2070. The van der Waals surface area contributed by atoms with Gasteiger partial charge in [0, 0.05) is 0 Å². The van der Waals surface area contributed by atoms with Crippen molar-refractivity contribution in [2.24, 2.45) is 0 Å². The zero-order valence-corrected chi connectivity index (χ0v) is 28.3. The third-order valence-corrected chi connectivity index (χ3v) is 8.09. The second kappa shape index (κ2) is 17.9. The summed E-state index contributed by atoms with van der Waals surface area (Å²) >= 11 is 0. The number of hydrogen-bond acceptors (Lipinski definition) is 1. The van der Waals surface area contributed by atoms with Crippen LogP contribution in [0.1, 0.15) is 0 Å². The summed E-state index contributed by atoms with van der Waals surface area (Å²) in [5.41, 5.74) is -13.6. The van der Waals surface area contributed by atoms with Gasteiger partial charge in [-0.05, 0) is 5.57 Å². The molecule has 0 spiro atoms. The second-order valence-corrected chi connectivity index (χ2v) is 11.1. The maximum atomic E-state index is 15.4. The first-order valence-corrected chi connectivity index (χ1v) is 14.7. The van der Waals surface area contributed by atoms with Crippen molar-refractivity contribution in [3.63, 3.8) is 0 Å². The zero-order chi connectivity index (χ0) is 43.0. The zero-order valence-electron chi connectivity index (χ0n) is 27.2. The van der Waals surface area contributed by atoms with Gasteiger partial charge in [0.1, 0.15) is 52.7 Å². The molecule has 6 rings (SSSR count). The molecule has 0 radical (unpaired) electrons. The van der Waals surface area contributed by atoms with E-state index in [0.717, 1.165) is 11.8 Å². The Hall–Kier alpha value is -5.57. The van der Waals surface area contributed by atoms with Crippen LogP contribution in [0.5, 0.6) is 0 Å². The standard InChI is InChI=1S/C24BF20.C6H6O.C5H5.Fe/c26-5-1(6(27)14(35)21(42)13(5)34)25(2-7(28)15(36)22(43)16(37)8(2)29,3-9(30)17(38)23(44)18(39)10(3)31)4-11(32)19(40)24(45)20(41)12(4)33;7-5-6-3-1-2-4-6;1-2-4-5-3-1;/h;1-5,7H;1-5H;/q-1;;-1;+2/p-1. The predicted octanol–water partition coefficient (Wildman–Crippen LogP) is 7.61. The SMILES string of the molecule is Fc1c(F)c(F)c([B-](c2c(F)c(F)c(F)c(F)c2F)(c2c(F)c(F)c(F)c(F)c2F)c2c(F)c(F)c(F)c(F)c2F)c(F)c1F.[Fe+2].[O-]C=C1C=CC=C1.c1cc[cH-]c1. The van der Waals surface area contributed by atoms with Gasteiger partial charge in [0.2, 0.25) is 0 Å². The molecule has 1 aliphatic rings. The Morgan fingerprint density at radius 1 is 0.345 bits per heavy atom. The Balaban J connectivity index is 0.000000589. The molecule has 0 amide bonds. The normalized spacial score (nSPS) is 11.9.